The Balaban J connectivity index is 2.07. The fourth-order valence-corrected chi connectivity index (χ4v) is 2.42. The highest BCUT2D eigenvalue weighted by Crippen LogP contribution is 2.24. The number of anilines is 2. The maximum Gasteiger partial charge on any atom is 0.202 e. The summed E-state index contributed by atoms with van der Waals surface area (Å²) in [6, 6.07) is 5.96. The number of aromatic nitrogens is 2. The van der Waals surface area contributed by atoms with Gasteiger partial charge in [-0.1, -0.05) is 32.9 Å². The number of benzene rings is 1. The summed E-state index contributed by atoms with van der Waals surface area (Å²) < 4.78 is 4.38. The van der Waals surface area contributed by atoms with Crippen LogP contribution in [0.2, 0.25) is 0 Å². The Hall–Kier alpha value is -1.62. The van der Waals surface area contributed by atoms with Crippen molar-refractivity contribution in [1.29, 1.82) is 0 Å². The molecule has 4 nitrogen and oxygen atoms in total. The number of rotatable bonds is 3. The molecule has 0 saturated heterocycles. The summed E-state index contributed by atoms with van der Waals surface area (Å²) >= 11 is 1.40. The van der Waals surface area contributed by atoms with E-state index in [1.807, 2.05) is 19.1 Å². The highest BCUT2D eigenvalue weighted by Gasteiger charge is 2.19. The number of nitrogen functional groups attached to an aromatic ring is 1. The van der Waals surface area contributed by atoms with Gasteiger partial charge < -0.3 is 11.1 Å². The molecule has 0 bridgehead atoms. The van der Waals surface area contributed by atoms with Gasteiger partial charge in [-0.25, -0.2) is 4.98 Å². The molecule has 0 atom stereocenters. The number of hydrogen-bond acceptors (Lipinski definition) is 5. The zero-order chi connectivity index (χ0) is 14.0. The maximum atomic E-state index is 5.90. The van der Waals surface area contributed by atoms with Crippen LogP contribution in [0.15, 0.2) is 18.2 Å². The Kier molecular flexibility index (Phi) is 3.75. The van der Waals surface area contributed by atoms with Gasteiger partial charge in [0.05, 0.1) is 0 Å². The van der Waals surface area contributed by atoms with E-state index >= 15 is 0 Å². The highest BCUT2D eigenvalue weighted by molar-refractivity contribution is 7.09. The van der Waals surface area contributed by atoms with E-state index in [1.54, 1.807) is 0 Å². The molecule has 0 aliphatic rings. The second-order valence-electron chi connectivity index (χ2n) is 5.66. The van der Waals surface area contributed by atoms with Crippen LogP contribution in [0.4, 0.5) is 10.8 Å². The number of nitrogens with two attached hydrogens (primary N) is 1. The van der Waals surface area contributed by atoms with Crippen LogP contribution in [0.3, 0.4) is 0 Å². The lowest BCUT2D eigenvalue weighted by Crippen LogP contribution is -2.13. The summed E-state index contributed by atoms with van der Waals surface area (Å²) in [4.78, 5) is 4.51. The molecule has 3 N–H and O–H groups in total. The second-order valence-corrected chi connectivity index (χ2v) is 6.41. The smallest absolute Gasteiger partial charge is 0.202 e. The molecular weight excluding hydrogens is 256 g/mol. The van der Waals surface area contributed by atoms with Gasteiger partial charge in [0.25, 0.3) is 0 Å². The lowest BCUT2D eigenvalue weighted by atomic mass is 9.96. The summed E-state index contributed by atoms with van der Waals surface area (Å²) in [6.07, 6.45) is 0. The topological polar surface area (TPSA) is 63.8 Å². The van der Waals surface area contributed by atoms with Crippen molar-refractivity contribution in [2.45, 2.75) is 39.7 Å². The molecule has 2 aromatic rings. The van der Waals surface area contributed by atoms with E-state index in [4.69, 9.17) is 5.73 Å². The minimum atomic E-state index is -0.0104. The van der Waals surface area contributed by atoms with Crippen LogP contribution < -0.4 is 11.1 Å². The maximum absolute atomic E-state index is 5.90. The Morgan fingerprint density at radius 3 is 2.68 bits per heavy atom. The number of hydrogen-bond donors (Lipinski definition) is 2. The van der Waals surface area contributed by atoms with Crippen LogP contribution in [-0.2, 0) is 12.0 Å². The number of nitrogens with zero attached hydrogens (tertiary/aromatic N) is 2. The zero-order valence-electron chi connectivity index (χ0n) is 11.8. The molecule has 1 aromatic carbocycles. The molecule has 0 fully saturated rings. The third-order valence-electron chi connectivity index (χ3n) is 3.01. The lowest BCUT2D eigenvalue weighted by Gasteiger charge is -2.12. The van der Waals surface area contributed by atoms with Crippen LogP contribution in [-0.4, -0.2) is 9.36 Å². The van der Waals surface area contributed by atoms with E-state index in [9.17, 15) is 0 Å². The van der Waals surface area contributed by atoms with Crippen LogP contribution in [0, 0.1) is 6.92 Å². The summed E-state index contributed by atoms with van der Waals surface area (Å²) in [5.41, 5.74) is 9.02. The first-order chi connectivity index (χ1) is 8.88. The minimum absolute atomic E-state index is 0.0104. The van der Waals surface area contributed by atoms with Crippen molar-refractivity contribution in [3.05, 3.63) is 35.2 Å². The van der Waals surface area contributed by atoms with Gasteiger partial charge in [-0.3, -0.25) is 0 Å². The average Bonchev–Trinajstić information content (AvgIpc) is 2.79. The van der Waals surface area contributed by atoms with E-state index in [0.29, 0.717) is 0 Å². The molecule has 0 amide bonds. The zero-order valence-corrected chi connectivity index (χ0v) is 12.6. The van der Waals surface area contributed by atoms with Gasteiger partial charge in [-0.05, 0) is 24.1 Å². The van der Waals surface area contributed by atoms with Crippen LogP contribution in [0.5, 0.6) is 0 Å². The lowest BCUT2D eigenvalue weighted by molar-refractivity contribution is 0.555. The van der Waals surface area contributed by atoms with Gasteiger partial charge in [-0.2, -0.15) is 4.37 Å². The monoisotopic (exact) mass is 276 g/mol. The molecule has 19 heavy (non-hydrogen) atoms. The Labute approximate surface area is 118 Å². The standard InChI is InChI=1S/C14H20N4S/c1-9-10(6-5-7-11(9)15)8-16-13-17-12(18-19-13)14(2,3)4/h5-7H,8,15H2,1-4H3,(H,16,17,18). The van der Waals surface area contributed by atoms with Crippen molar-refractivity contribution in [1.82, 2.24) is 9.36 Å². The summed E-state index contributed by atoms with van der Waals surface area (Å²) in [7, 11) is 0. The predicted molar refractivity (Wildman–Crippen MR) is 81.5 cm³/mol. The first kappa shape index (κ1) is 13.8. The fourth-order valence-electron chi connectivity index (χ4n) is 1.67. The molecule has 5 heteroatoms. The molecule has 0 unspecified atom stereocenters. The normalized spacial score (nSPS) is 11.6. The first-order valence-corrected chi connectivity index (χ1v) is 7.07. The molecule has 1 heterocycles. The molecule has 2 rings (SSSR count). The van der Waals surface area contributed by atoms with E-state index in [1.165, 1.54) is 17.1 Å². The van der Waals surface area contributed by atoms with Crippen LogP contribution in [0.25, 0.3) is 0 Å². The van der Waals surface area contributed by atoms with Gasteiger partial charge in [-0.15, -0.1) is 0 Å². The van der Waals surface area contributed by atoms with Crippen LogP contribution in [0.1, 0.15) is 37.7 Å². The molecule has 102 valence electrons. The van der Waals surface area contributed by atoms with Gasteiger partial charge in [0.1, 0.15) is 5.82 Å². The molecule has 0 saturated carbocycles. The van der Waals surface area contributed by atoms with Crippen molar-refractivity contribution in [3.63, 3.8) is 0 Å². The molecule has 0 aliphatic carbocycles. The van der Waals surface area contributed by atoms with Gasteiger partial charge in [0.2, 0.25) is 5.13 Å². The molecule has 0 radical (unpaired) electrons. The largest absolute Gasteiger partial charge is 0.399 e. The molecule has 0 spiro atoms. The predicted octanol–water partition coefficient (Wildman–Crippen LogP) is 3.34. The van der Waals surface area contributed by atoms with E-state index in [-0.39, 0.29) is 5.41 Å². The van der Waals surface area contributed by atoms with Crippen molar-refractivity contribution in [3.8, 4) is 0 Å². The summed E-state index contributed by atoms with van der Waals surface area (Å²) in [5, 5.41) is 4.16. The molecule has 1 aromatic heterocycles. The van der Waals surface area contributed by atoms with E-state index in [0.717, 1.165) is 28.8 Å². The molecular formula is C14H20N4S. The van der Waals surface area contributed by atoms with E-state index in [2.05, 4.69) is 41.5 Å². The van der Waals surface area contributed by atoms with Gasteiger partial charge in [0.15, 0.2) is 0 Å². The third-order valence-corrected chi connectivity index (χ3v) is 3.69. The summed E-state index contributed by atoms with van der Waals surface area (Å²) in [5.74, 6) is 0.879. The minimum Gasteiger partial charge on any atom is -0.399 e. The first-order valence-electron chi connectivity index (χ1n) is 6.30. The van der Waals surface area contributed by atoms with Crippen LogP contribution >= 0.6 is 11.5 Å². The third kappa shape index (κ3) is 3.23. The quantitative estimate of drug-likeness (QED) is 0.844. The average molecular weight is 276 g/mol. The Morgan fingerprint density at radius 2 is 2.05 bits per heavy atom. The van der Waals surface area contributed by atoms with Crippen molar-refractivity contribution >= 4 is 22.4 Å². The van der Waals surface area contributed by atoms with Crippen molar-refractivity contribution < 1.29 is 0 Å². The van der Waals surface area contributed by atoms with Gasteiger partial charge in [0, 0.05) is 29.2 Å². The highest BCUT2D eigenvalue weighted by atomic mass is 32.1. The fraction of sp³-hybridized carbons (Fsp3) is 0.429. The van der Waals surface area contributed by atoms with Crippen molar-refractivity contribution in [2.24, 2.45) is 0 Å². The SMILES string of the molecule is Cc1c(N)cccc1CNc1nc(C(C)(C)C)ns1. The summed E-state index contributed by atoms with van der Waals surface area (Å²) in [6.45, 7) is 9.09. The Bertz CT molecular complexity index is 569. The van der Waals surface area contributed by atoms with E-state index < -0.39 is 0 Å². The van der Waals surface area contributed by atoms with Crippen molar-refractivity contribution in [2.75, 3.05) is 11.1 Å². The molecule has 0 aliphatic heterocycles. The second kappa shape index (κ2) is 5.17. The Morgan fingerprint density at radius 1 is 1.32 bits per heavy atom. The van der Waals surface area contributed by atoms with Gasteiger partial charge >= 0.3 is 0 Å². The number of nitrogens with one attached hydrogen (secondary N) is 1.